The lowest BCUT2D eigenvalue weighted by atomic mass is 9.83. The van der Waals surface area contributed by atoms with Gasteiger partial charge in [-0.2, -0.15) is 0 Å². The number of aryl methyl sites for hydroxylation is 1. The minimum absolute atomic E-state index is 0.0223. The number of aromatic nitrogens is 1. The fraction of sp³-hybridized carbons (Fsp3) is 0.200. The third-order valence-corrected chi connectivity index (χ3v) is 7.76. The van der Waals surface area contributed by atoms with Gasteiger partial charge in [0, 0.05) is 5.56 Å². The lowest BCUT2D eigenvalue weighted by Gasteiger charge is -2.30. The molecule has 5 nitrogen and oxygen atoms in total. The van der Waals surface area contributed by atoms with Gasteiger partial charge in [0.1, 0.15) is 0 Å². The van der Waals surface area contributed by atoms with Gasteiger partial charge in [-0.15, -0.1) is 0 Å². The molecule has 6 rings (SSSR count). The summed E-state index contributed by atoms with van der Waals surface area (Å²) in [5, 5.41) is 0. The summed E-state index contributed by atoms with van der Waals surface area (Å²) in [5.74, 6) is 1.33. The van der Waals surface area contributed by atoms with E-state index >= 15 is 0 Å². The van der Waals surface area contributed by atoms with E-state index in [4.69, 9.17) is 14.5 Å². The Bertz CT molecular complexity index is 1660. The average molecular weight is 495 g/mol. The van der Waals surface area contributed by atoms with E-state index in [1.807, 2.05) is 54.0 Å². The SMILES string of the molecule is CCOc1ccc(/C=c2\sc3n(c2=O)C(c2ccccc2)C2=C(N=3)c3ccccc3CC2)cc1OC. The maximum atomic E-state index is 13.8. The number of fused-ring (bicyclic) bond motifs is 3. The fourth-order valence-corrected chi connectivity index (χ4v) is 6.16. The summed E-state index contributed by atoms with van der Waals surface area (Å²) in [4.78, 5) is 19.7. The van der Waals surface area contributed by atoms with Crippen molar-refractivity contribution in [3.8, 4) is 11.5 Å². The molecule has 0 amide bonds. The van der Waals surface area contributed by atoms with Gasteiger partial charge in [-0.05, 0) is 60.2 Å². The van der Waals surface area contributed by atoms with Crippen molar-refractivity contribution in [2.45, 2.75) is 25.8 Å². The number of allylic oxidation sites excluding steroid dienone is 1. The van der Waals surface area contributed by atoms with Crippen LogP contribution in [0.15, 0.2) is 88.2 Å². The molecule has 36 heavy (non-hydrogen) atoms. The minimum Gasteiger partial charge on any atom is -0.493 e. The zero-order valence-electron chi connectivity index (χ0n) is 20.2. The molecule has 6 heteroatoms. The van der Waals surface area contributed by atoms with Crippen molar-refractivity contribution in [3.05, 3.63) is 120 Å². The zero-order valence-corrected chi connectivity index (χ0v) is 21.0. The average Bonchev–Trinajstić information content (AvgIpc) is 3.23. The summed E-state index contributed by atoms with van der Waals surface area (Å²) in [7, 11) is 1.62. The second-order valence-electron chi connectivity index (χ2n) is 8.87. The standard InChI is InChI=1S/C30H26N2O3S/c1-3-35-24-16-13-19(17-25(24)34-2)18-26-29(33)32-28(21-10-5-4-6-11-21)23-15-14-20-9-7-8-12-22(20)27(23)31-30(32)36-26/h4-13,16-18,28H,3,14-15H2,1-2H3/b26-18-. The molecule has 0 radical (unpaired) electrons. The Hall–Kier alpha value is -3.90. The van der Waals surface area contributed by atoms with Gasteiger partial charge in [0.15, 0.2) is 16.3 Å². The van der Waals surface area contributed by atoms with Gasteiger partial charge in [0.05, 0.1) is 30.0 Å². The number of ether oxygens (including phenoxy) is 2. The molecule has 1 atom stereocenters. The number of nitrogens with zero attached hydrogens (tertiary/aromatic N) is 2. The Morgan fingerprint density at radius 3 is 2.64 bits per heavy atom. The maximum absolute atomic E-state index is 13.8. The molecule has 0 bridgehead atoms. The van der Waals surface area contributed by atoms with Crippen LogP contribution in [0.5, 0.6) is 11.5 Å². The number of methoxy groups -OCH3 is 1. The molecule has 0 spiro atoms. The Kier molecular flexibility index (Phi) is 5.82. The van der Waals surface area contributed by atoms with Gasteiger partial charge in [-0.25, -0.2) is 4.99 Å². The van der Waals surface area contributed by atoms with E-state index in [1.54, 1.807) is 7.11 Å². The summed E-state index contributed by atoms with van der Waals surface area (Å²) in [5.41, 5.74) is 6.68. The van der Waals surface area contributed by atoms with E-state index in [-0.39, 0.29) is 11.6 Å². The molecule has 2 heterocycles. The molecule has 1 unspecified atom stereocenters. The molecular formula is C30H26N2O3S. The molecule has 0 fully saturated rings. The van der Waals surface area contributed by atoms with Crippen LogP contribution < -0.4 is 24.4 Å². The predicted molar refractivity (Wildman–Crippen MR) is 143 cm³/mol. The van der Waals surface area contributed by atoms with Crippen LogP contribution in [0, 0.1) is 0 Å². The van der Waals surface area contributed by atoms with Crippen molar-refractivity contribution in [1.29, 1.82) is 0 Å². The van der Waals surface area contributed by atoms with E-state index in [0.717, 1.165) is 34.5 Å². The predicted octanol–water partition coefficient (Wildman–Crippen LogP) is 4.73. The molecule has 0 saturated carbocycles. The monoisotopic (exact) mass is 494 g/mol. The topological polar surface area (TPSA) is 52.8 Å². The molecule has 1 aliphatic heterocycles. The Balaban J connectivity index is 1.56. The van der Waals surface area contributed by atoms with Crippen molar-refractivity contribution < 1.29 is 9.47 Å². The maximum Gasteiger partial charge on any atom is 0.271 e. The second-order valence-corrected chi connectivity index (χ2v) is 9.88. The normalized spacial score (nSPS) is 16.6. The van der Waals surface area contributed by atoms with Gasteiger partial charge in [0.2, 0.25) is 0 Å². The molecule has 0 N–H and O–H groups in total. The molecular weight excluding hydrogens is 468 g/mol. The summed E-state index contributed by atoms with van der Waals surface area (Å²) in [6.45, 7) is 2.50. The number of benzene rings is 3. The van der Waals surface area contributed by atoms with Gasteiger partial charge in [-0.3, -0.25) is 9.36 Å². The number of hydrogen-bond donors (Lipinski definition) is 0. The van der Waals surface area contributed by atoms with Crippen LogP contribution in [0.2, 0.25) is 0 Å². The molecule has 0 saturated heterocycles. The highest BCUT2D eigenvalue weighted by Gasteiger charge is 2.32. The number of hydrogen-bond acceptors (Lipinski definition) is 5. The molecule has 3 aromatic carbocycles. The third-order valence-electron chi connectivity index (χ3n) is 6.77. The highest BCUT2D eigenvalue weighted by Crippen LogP contribution is 2.41. The Morgan fingerprint density at radius 1 is 1.03 bits per heavy atom. The highest BCUT2D eigenvalue weighted by molar-refractivity contribution is 7.07. The van der Waals surface area contributed by atoms with Crippen LogP contribution >= 0.6 is 11.3 Å². The van der Waals surface area contributed by atoms with Crippen LogP contribution in [0.1, 0.15) is 41.6 Å². The molecule has 1 aromatic heterocycles. The van der Waals surface area contributed by atoms with Gasteiger partial charge >= 0.3 is 0 Å². The summed E-state index contributed by atoms with van der Waals surface area (Å²) < 4.78 is 13.7. The fourth-order valence-electron chi connectivity index (χ4n) is 5.16. The first-order chi connectivity index (χ1) is 17.7. The van der Waals surface area contributed by atoms with Crippen molar-refractivity contribution in [2.75, 3.05) is 13.7 Å². The van der Waals surface area contributed by atoms with Crippen LogP contribution in [-0.2, 0) is 6.42 Å². The van der Waals surface area contributed by atoms with Crippen LogP contribution in [-0.4, -0.2) is 18.3 Å². The smallest absolute Gasteiger partial charge is 0.271 e. The van der Waals surface area contributed by atoms with E-state index < -0.39 is 0 Å². The van der Waals surface area contributed by atoms with Crippen molar-refractivity contribution in [3.63, 3.8) is 0 Å². The summed E-state index contributed by atoms with van der Waals surface area (Å²) >= 11 is 1.44. The zero-order chi connectivity index (χ0) is 24.6. The van der Waals surface area contributed by atoms with Crippen LogP contribution in [0.4, 0.5) is 0 Å². The van der Waals surface area contributed by atoms with Crippen LogP contribution in [0.3, 0.4) is 0 Å². The Morgan fingerprint density at radius 2 is 1.83 bits per heavy atom. The first-order valence-electron chi connectivity index (χ1n) is 12.2. The first-order valence-corrected chi connectivity index (χ1v) is 13.0. The van der Waals surface area contributed by atoms with E-state index in [9.17, 15) is 4.79 Å². The molecule has 4 aromatic rings. The van der Waals surface area contributed by atoms with Crippen molar-refractivity contribution in [1.82, 2.24) is 4.57 Å². The molecule has 1 aliphatic carbocycles. The summed E-state index contributed by atoms with van der Waals surface area (Å²) in [6.07, 6.45) is 3.75. The lowest BCUT2D eigenvalue weighted by molar-refractivity contribution is 0.311. The minimum atomic E-state index is -0.164. The molecule has 180 valence electrons. The van der Waals surface area contributed by atoms with Crippen molar-refractivity contribution in [2.24, 2.45) is 4.99 Å². The van der Waals surface area contributed by atoms with Crippen molar-refractivity contribution >= 4 is 23.1 Å². The Labute approximate surface area is 213 Å². The van der Waals surface area contributed by atoms with E-state index in [2.05, 4.69) is 36.4 Å². The molecule has 2 aliphatic rings. The van der Waals surface area contributed by atoms with Gasteiger partial charge in [0.25, 0.3) is 5.56 Å². The number of thiazole rings is 1. The van der Waals surface area contributed by atoms with Gasteiger partial charge < -0.3 is 9.47 Å². The first kappa shape index (κ1) is 22.6. The number of rotatable bonds is 5. The van der Waals surface area contributed by atoms with Crippen LogP contribution in [0.25, 0.3) is 11.8 Å². The summed E-state index contributed by atoms with van der Waals surface area (Å²) in [6, 6.07) is 24.3. The largest absolute Gasteiger partial charge is 0.493 e. The van der Waals surface area contributed by atoms with E-state index in [1.165, 1.54) is 28.0 Å². The lowest BCUT2D eigenvalue weighted by Crippen LogP contribution is -2.38. The second kappa shape index (κ2) is 9.28. The van der Waals surface area contributed by atoms with Gasteiger partial charge in [-0.1, -0.05) is 72.0 Å². The van der Waals surface area contributed by atoms with E-state index in [0.29, 0.717) is 22.6 Å². The third kappa shape index (κ3) is 3.78. The highest BCUT2D eigenvalue weighted by atomic mass is 32.1. The quantitative estimate of drug-likeness (QED) is 0.403.